The van der Waals surface area contributed by atoms with Crippen LogP contribution in [0.3, 0.4) is 0 Å². The number of aliphatic hydroxyl groups excluding tert-OH is 2. The monoisotopic (exact) mass is 515 g/mol. The number of imidazole rings is 1. The number of nitrogens with one attached hydrogen (secondary N) is 1. The number of halogens is 2. The second kappa shape index (κ2) is 9.82. The van der Waals surface area contributed by atoms with Gasteiger partial charge in [0.25, 0.3) is 0 Å². The van der Waals surface area contributed by atoms with E-state index in [4.69, 9.17) is 26.1 Å². The van der Waals surface area contributed by atoms with Crippen LogP contribution in [0.4, 0.5) is 10.2 Å². The SMILES string of the molecule is C[C@H](Nc1nc(Cl)nc2c1ncn2[C@@H]1O[C@H](CCCP(=O)(O)O)C(O)C1O)c1ccc(F)cc1. The number of aliphatic hydroxyl groups is 2. The molecule has 0 amide bonds. The second-order valence-electron chi connectivity index (χ2n) is 8.16. The molecule has 1 fully saturated rings. The van der Waals surface area contributed by atoms with E-state index in [-0.39, 0.29) is 41.8 Å². The third-order valence-electron chi connectivity index (χ3n) is 5.67. The van der Waals surface area contributed by atoms with Gasteiger partial charge in [-0.15, -0.1) is 0 Å². The zero-order chi connectivity index (χ0) is 24.6. The molecule has 34 heavy (non-hydrogen) atoms. The van der Waals surface area contributed by atoms with Gasteiger partial charge in [-0.1, -0.05) is 12.1 Å². The highest BCUT2D eigenvalue weighted by Gasteiger charge is 2.44. The van der Waals surface area contributed by atoms with Gasteiger partial charge in [-0.05, 0) is 49.1 Å². The van der Waals surface area contributed by atoms with Crippen LogP contribution in [0.5, 0.6) is 0 Å². The maximum absolute atomic E-state index is 13.2. The van der Waals surface area contributed by atoms with Gasteiger partial charge in [-0.3, -0.25) is 9.13 Å². The molecule has 0 spiro atoms. The van der Waals surface area contributed by atoms with Crippen molar-refractivity contribution < 1.29 is 33.7 Å². The number of anilines is 1. The summed E-state index contributed by atoms with van der Waals surface area (Å²) in [5, 5.41) is 24.1. The highest BCUT2D eigenvalue weighted by molar-refractivity contribution is 7.51. The average molecular weight is 516 g/mol. The van der Waals surface area contributed by atoms with Crippen molar-refractivity contribution in [3.63, 3.8) is 0 Å². The fourth-order valence-corrected chi connectivity index (χ4v) is 4.67. The third kappa shape index (κ3) is 5.38. The Balaban J connectivity index is 1.56. The van der Waals surface area contributed by atoms with Crippen molar-refractivity contribution in [3.05, 3.63) is 47.3 Å². The lowest BCUT2D eigenvalue weighted by Crippen LogP contribution is -2.31. The van der Waals surface area contributed by atoms with Gasteiger partial charge in [-0.2, -0.15) is 9.97 Å². The van der Waals surface area contributed by atoms with E-state index in [1.807, 2.05) is 6.92 Å². The van der Waals surface area contributed by atoms with Crippen LogP contribution in [0.2, 0.25) is 5.28 Å². The van der Waals surface area contributed by atoms with Gasteiger partial charge < -0.3 is 30.1 Å². The van der Waals surface area contributed by atoms with Crippen LogP contribution >= 0.6 is 19.2 Å². The normalized spacial score (nSPS) is 24.0. The Morgan fingerprint density at radius 3 is 2.62 bits per heavy atom. The van der Waals surface area contributed by atoms with E-state index < -0.39 is 32.1 Å². The minimum Gasteiger partial charge on any atom is -0.388 e. The van der Waals surface area contributed by atoms with Crippen LogP contribution in [0.1, 0.15) is 37.6 Å². The van der Waals surface area contributed by atoms with Gasteiger partial charge in [0.1, 0.15) is 18.0 Å². The quantitative estimate of drug-likeness (QED) is 0.222. The first-order chi connectivity index (χ1) is 16.0. The zero-order valence-electron chi connectivity index (χ0n) is 18.0. The molecule has 2 unspecified atom stereocenters. The standard InChI is InChI=1S/C20H24ClFN5O6P/c1-10(11-4-6-12(22)7-5-11)24-17-14-18(26-20(21)25-17)27(9-23-14)19-16(29)15(28)13(33-19)3-2-8-34(30,31)32/h4-7,9-10,13,15-16,19,28-29H,2-3,8H2,1H3,(H,24,25,26)(H2,30,31,32)/t10-,13+,15?,16?,19+/m0/s1. The van der Waals surface area contributed by atoms with Crippen molar-refractivity contribution in [2.45, 2.75) is 50.3 Å². The van der Waals surface area contributed by atoms with Gasteiger partial charge >= 0.3 is 7.60 Å². The first kappa shape index (κ1) is 24.9. The molecule has 0 radical (unpaired) electrons. The van der Waals surface area contributed by atoms with Crippen molar-refractivity contribution in [2.75, 3.05) is 11.5 Å². The summed E-state index contributed by atoms with van der Waals surface area (Å²) in [5.74, 6) is -0.0312. The van der Waals surface area contributed by atoms with Gasteiger partial charge in [0.05, 0.1) is 18.5 Å². The molecule has 1 saturated heterocycles. The van der Waals surface area contributed by atoms with Crippen molar-refractivity contribution in [2.24, 2.45) is 0 Å². The summed E-state index contributed by atoms with van der Waals surface area (Å²) in [5.41, 5.74) is 1.40. The van der Waals surface area contributed by atoms with Crippen molar-refractivity contribution >= 4 is 36.2 Å². The molecule has 0 saturated carbocycles. The molecule has 2 aromatic heterocycles. The first-order valence-corrected chi connectivity index (χ1v) is 12.7. The molecule has 0 aliphatic carbocycles. The molecular formula is C20H24ClFN5O6P. The maximum atomic E-state index is 13.2. The molecule has 5 atom stereocenters. The van der Waals surface area contributed by atoms with Crippen LogP contribution in [0.25, 0.3) is 11.2 Å². The Bertz CT molecular complexity index is 1210. The molecule has 0 bridgehead atoms. The minimum atomic E-state index is -4.17. The molecule has 3 heterocycles. The predicted molar refractivity (Wildman–Crippen MR) is 121 cm³/mol. The van der Waals surface area contributed by atoms with Gasteiger partial charge in [-0.25, -0.2) is 9.37 Å². The van der Waals surface area contributed by atoms with E-state index >= 15 is 0 Å². The number of ether oxygens (including phenoxy) is 1. The van der Waals surface area contributed by atoms with E-state index in [2.05, 4.69) is 20.3 Å². The molecule has 14 heteroatoms. The highest BCUT2D eigenvalue weighted by Crippen LogP contribution is 2.38. The van der Waals surface area contributed by atoms with Crippen molar-refractivity contribution in [3.8, 4) is 0 Å². The Labute approximate surface area is 198 Å². The van der Waals surface area contributed by atoms with Gasteiger partial charge in [0, 0.05) is 6.16 Å². The van der Waals surface area contributed by atoms with E-state index in [0.717, 1.165) is 5.56 Å². The summed E-state index contributed by atoms with van der Waals surface area (Å²) in [4.78, 5) is 30.8. The number of hydrogen-bond donors (Lipinski definition) is 5. The molecule has 1 aliphatic rings. The first-order valence-electron chi connectivity index (χ1n) is 10.5. The minimum absolute atomic E-state index is 0.0886. The lowest BCUT2D eigenvalue weighted by molar-refractivity contribution is -0.0370. The summed E-state index contributed by atoms with van der Waals surface area (Å²) >= 11 is 6.14. The van der Waals surface area contributed by atoms with Crippen LogP contribution in [-0.4, -0.2) is 64.0 Å². The van der Waals surface area contributed by atoms with Crippen LogP contribution in [0.15, 0.2) is 30.6 Å². The molecule has 3 aromatic rings. The molecule has 11 nitrogen and oxygen atoms in total. The number of aromatic nitrogens is 4. The molecule has 184 valence electrons. The summed E-state index contributed by atoms with van der Waals surface area (Å²) in [6.45, 7) is 1.86. The van der Waals surface area contributed by atoms with E-state index in [1.54, 1.807) is 12.1 Å². The number of hydrogen-bond acceptors (Lipinski definition) is 8. The zero-order valence-corrected chi connectivity index (χ0v) is 19.6. The van der Waals surface area contributed by atoms with Gasteiger partial charge in [0.15, 0.2) is 23.2 Å². The smallest absolute Gasteiger partial charge is 0.325 e. The van der Waals surface area contributed by atoms with Crippen LogP contribution < -0.4 is 5.32 Å². The van der Waals surface area contributed by atoms with E-state index in [1.165, 1.54) is 23.0 Å². The number of rotatable bonds is 8. The largest absolute Gasteiger partial charge is 0.388 e. The molecule has 4 rings (SSSR count). The predicted octanol–water partition coefficient (Wildman–Crippen LogP) is 2.37. The van der Waals surface area contributed by atoms with Crippen molar-refractivity contribution in [1.82, 2.24) is 19.5 Å². The van der Waals surface area contributed by atoms with Crippen LogP contribution in [0, 0.1) is 5.82 Å². The molecular weight excluding hydrogens is 492 g/mol. The topological polar surface area (TPSA) is 163 Å². The molecule has 1 aliphatic heterocycles. The summed E-state index contributed by atoms with van der Waals surface area (Å²) in [6.07, 6.45) is -3.20. The number of benzene rings is 1. The Hall–Kier alpha value is -2.18. The fraction of sp³-hybridized carbons (Fsp3) is 0.450. The van der Waals surface area contributed by atoms with Gasteiger partial charge in [0.2, 0.25) is 5.28 Å². The Morgan fingerprint density at radius 1 is 1.24 bits per heavy atom. The fourth-order valence-electron chi connectivity index (χ4n) is 3.91. The summed E-state index contributed by atoms with van der Waals surface area (Å²) in [7, 11) is -4.17. The summed E-state index contributed by atoms with van der Waals surface area (Å²) in [6, 6.07) is 5.72. The van der Waals surface area contributed by atoms with Crippen molar-refractivity contribution in [1.29, 1.82) is 0 Å². The molecule has 5 N–H and O–H groups in total. The lowest BCUT2D eigenvalue weighted by Gasteiger charge is -2.18. The average Bonchev–Trinajstić information content (AvgIpc) is 3.29. The van der Waals surface area contributed by atoms with Crippen LogP contribution in [-0.2, 0) is 9.30 Å². The summed E-state index contributed by atoms with van der Waals surface area (Å²) < 4.78 is 31.5. The number of fused-ring (bicyclic) bond motifs is 1. The molecule has 1 aromatic carbocycles. The van der Waals surface area contributed by atoms with E-state index in [9.17, 15) is 19.2 Å². The Kier molecular flexibility index (Phi) is 7.20. The van der Waals surface area contributed by atoms with E-state index in [0.29, 0.717) is 11.3 Å². The maximum Gasteiger partial charge on any atom is 0.325 e. The number of nitrogens with zero attached hydrogens (tertiary/aromatic N) is 4. The Morgan fingerprint density at radius 2 is 1.94 bits per heavy atom. The lowest BCUT2D eigenvalue weighted by atomic mass is 10.1. The second-order valence-corrected chi connectivity index (χ2v) is 10.3. The highest BCUT2D eigenvalue weighted by atomic mass is 35.5. The third-order valence-corrected chi connectivity index (χ3v) is 6.73.